The summed E-state index contributed by atoms with van der Waals surface area (Å²) in [4.78, 5) is 0. The number of methoxy groups -OCH3 is 1. The Morgan fingerprint density at radius 3 is 2.08 bits per heavy atom. The Balaban J connectivity index is 2.08. The van der Waals surface area contributed by atoms with E-state index < -0.39 is 0 Å². The number of benzene rings is 3. The summed E-state index contributed by atoms with van der Waals surface area (Å²) in [5.41, 5.74) is 5.21. The second-order valence-electron chi connectivity index (χ2n) is 7.88. The maximum atomic E-state index is 5.69. The molecule has 0 aliphatic rings. The zero-order valence-electron chi connectivity index (χ0n) is 15.1. The highest BCUT2D eigenvalue weighted by atomic mass is 16.5. The SMILES string of the molecule is COc1cccc2c3cccc4c5cc(C(C)(C)C)ccc5n(c12)c43. The van der Waals surface area contributed by atoms with Gasteiger partial charge < -0.3 is 9.14 Å². The van der Waals surface area contributed by atoms with E-state index in [1.54, 1.807) is 7.11 Å². The summed E-state index contributed by atoms with van der Waals surface area (Å²) in [7, 11) is 1.75. The average molecular weight is 327 g/mol. The standard InChI is InChI=1S/C23H21NO/c1-23(2,3)14-11-12-19-18(13-14)17-8-5-7-15-16-9-6-10-20(25-4)22(16)24(19)21(15)17/h5-13H,1-4H3. The van der Waals surface area contributed by atoms with Crippen LogP contribution < -0.4 is 4.74 Å². The quantitative estimate of drug-likeness (QED) is 0.360. The van der Waals surface area contributed by atoms with E-state index in [0.717, 1.165) is 11.3 Å². The zero-order chi connectivity index (χ0) is 17.3. The fraction of sp³-hybridized carbons (Fsp3) is 0.217. The van der Waals surface area contributed by atoms with Gasteiger partial charge in [0.2, 0.25) is 0 Å². The predicted octanol–water partition coefficient (Wildman–Crippen LogP) is 6.14. The Hall–Kier alpha value is -2.74. The van der Waals surface area contributed by atoms with Gasteiger partial charge in [-0.25, -0.2) is 0 Å². The Labute approximate surface area is 147 Å². The van der Waals surface area contributed by atoms with Gasteiger partial charge >= 0.3 is 0 Å². The first-order chi connectivity index (χ1) is 12.0. The second kappa shape index (κ2) is 4.66. The minimum absolute atomic E-state index is 0.139. The van der Waals surface area contributed by atoms with Gasteiger partial charge in [0, 0.05) is 21.5 Å². The molecule has 0 atom stereocenters. The fourth-order valence-corrected chi connectivity index (χ4v) is 4.12. The minimum Gasteiger partial charge on any atom is -0.495 e. The van der Waals surface area contributed by atoms with Crippen LogP contribution in [-0.4, -0.2) is 11.5 Å². The fourth-order valence-electron chi connectivity index (χ4n) is 4.12. The maximum absolute atomic E-state index is 5.69. The summed E-state index contributed by atoms with van der Waals surface area (Å²) in [5.74, 6) is 0.924. The van der Waals surface area contributed by atoms with Crippen molar-refractivity contribution in [1.82, 2.24) is 4.40 Å². The number of hydrogen-bond donors (Lipinski definition) is 0. The van der Waals surface area contributed by atoms with Crippen molar-refractivity contribution in [3.63, 3.8) is 0 Å². The average Bonchev–Trinajstić information content (AvgIpc) is 3.12. The first-order valence-electron chi connectivity index (χ1n) is 8.76. The molecule has 0 aliphatic carbocycles. The summed E-state index contributed by atoms with van der Waals surface area (Å²) < 4.78 is 8.07. The highest BCUT2D eigenvalue weighted by Crippen LogP contribution is 2.42. The number of nitrogens with zero attached hydrogens (tertiary/aromatic N) is 1. The van der Waals surface area contributed by atoms with E-state index in [4.69, 9.17) is 4.74 Å². The van der Waals surface area contributed by atoms with Crippen molar-refractivity contribution in [1.29, 1.82) is 0 Å². The molecule has 0 saturated heterocycles. The molecule has 0 N–H and O–H groups in total. The van der Waals surface area contributed by atoms with Crippen LogP contribution >= 0.6 is 0 Å². The molecular formula is C23H21NO. The molecule has 124 valence electrons. The summed E-state index contributed by atoms with van der Waals surface area (Å²) in [6.07, 6.45) is 0. The lowest BCUT2D eigenvalue weighted by atomic mass is 9.86. The van der Waals surface area contributed by atoms with Gasteiger partial charge in [0.15, 0.2) is 0 Å². The van der Waals surface area contributed by atoms with Crippen molar-refractivity contribution in [2.75, 3.05) is 7.11 Å². The van der Waals surface area contributed by atoms with E-state index >= 15 is 0 Å². The third-order valence-electron chi connectivity index (χ3n) is 5.39. The lowest BCUT2D eigenvalue weighted by Crippen LogP contribution is -2.10. The summed E-state index contributed by atoms with van der Waals surface area (Å²) in [6.45, 7) is 6.80. The number of ether oxygens (including phenoxy) is 1. The molecular weight excluding hydrogens is 306 g/mol. The molecule has 0 amide bonds. The van der Waals surface area contributed by atoms with Gasteiger partial charge in [0.05, 0.1) is 23.7 Å². The van der Waals surface area contributed by atoms with Gasteiger partial charge in [0.1, 0.15) is 5.75 Å². The molecule has 5 rings (SSSR count). The Morgan fingerprint density at radius 1 is 0.760 bits per heavy atom. The lowest BCUT2D eigenvalue weighted by molar-refractivity contribution is 0.419. The predicted molar refractivity (Wildman–Crippen MR) is 106 cm³/mol. The number of fused-ring (bicyclic) bond motifs is 6. The molecule has 0 bridgehead atoms. The summed E-state index contributed by atoms with van der Waals surface area (Å²) in [6, 6.07) is 19.8. The molecule has 0 saturated carbocycles. The number of hydrogen-bond acceptors (Lipinski definition) is 1. The highest BCUT2D eigenvalue weighted by molar-refractivity contribution is 6.24. The highest BCUT2D eigenvalue weighted by Gasteiger charge is 2.21. The molecule has 0 fully saturated rings. The van der Waals surface area contributed by atoms with E-state index in [1.807, 2.05) is 6.07 Å². The van der Waals surface area contributed by atoms with Crippen LogP contribution in [0.5, 0.6) is 5.75 Å². The van der Waals surface area contributed by atoms with Crippen molar-refractivity contribution in [2.45, 2.75) is 26.2 Å². The Kier molecular flexibility index (Phi) is 2.72. The van der Waals surface area contributed by atoms with Crippen molar-refractivity contribution in [3.05, 3.63) is 60.2 Å². The van der Waals surface area contributed by atoms with E-state index in [9.17, 15) is 0 Å². The molecule has 0 spiro atoms. The van der Waals surface area contributed by atoms with Crippen molar-refractivity contribution in [3.8, 4) is 5.75 Å². The van der Waals surface area contributed by atoms with Crippen molar-refractivity contribution < 1.29 is 4.74 Å². The first kappa shape index (κ1) is 14.6. The topological polar surface area (TPSA) is 13.6 Å². The number of para-hydroxylation sites is 2. The molecule has 25 heavy (non-hydrogen) atoms. The largest absolute Gasteiger partial charge is 0.495 e. The van der Waals surface area contributed by atoms with Crippen LogP contribution in [0.2, 0.25) is 0 Å². The van der Waals surface area contributed by atoms with Crippen LogP contribution in [-0.2, 0) is 5.41 Å². The van der Waals surface area contributed by atoms with Gasteiger partial charge in [-0.1, -0.05) is 57.2 Å². The minimum atomic E-state index is 0.139. The van der Waals surface area contributed by atoms with Crippen LogP contribution in [0.4, 0.5) is 0 Å². The molecule has 0 unspecified atom stereocenters. The molecule has 2 aromatic heterocycles. The van der Waals surface area contributed by atoms with Crippen LogP contribution in [0.15, 0.2) is 54.6 Å². The second-order valence-corrected chi connectivity index (χ2v) is 7.88. The monoisotopic (exact) mass is 327 g/mol. The molecule has 2 heterocycles. The third-order valence-corrected chi connectivity index (χ3v) is 5.39. The smallest absolute Gasteiger partial charge is 0.143 e. The zero-order valence-corrected chi connectivity index (χ0v) is 15.1. The van der Waals surface area contributed by atoms with E-state index in [-0.39, 0.29) is 5.41 Å². The molecule has 2 nitrogen and oxygen atoms in total. The molecule has 3 aromatic carbocycles. The number of aromatic nitrogens is 1. The third kappa shape index (κ3) is 1.80. The van der Waals surface area contributed by atoms with Crippen molar-refractivity contribution >= 4 is 38.1 Å². The van der Waals surface area contributed by atoms with E-state index in [1.165, 1.54) is 38.1 Å². The maximum Gasteiger partial charge on any atom is 0.143 e. The van der Waals surface area contributed by atoms with Gasteiger partial charge in [-0.05, 0) is 29.2 Å². The van der Waals surface area contributed by atoms with E-state index in [2.05, 4.69) is 73.7 Å². The van der Waals surface area contributed by atoms with Gasteiger partial charge in [0.25, 0.3) is 0 Å². The molecule has 2 heteroatoms. The Morgan fingerprint density at radius 2 is 1.40 bits per heavy atom. The van der Waals surface area contributed by atoms with Gasteiger partial charge in [-0.3, -0.25) is 0 Å². The molecule has 0 aliphatic heterocycles. The van der Waals surface area contributed by atoms with Crippen LogP contribution in [0.3, 0.4) is 0 Å². The Bertz CT molecular complexity index is 1250. The van der Waals surface area contributed by atoms with Gasteiger partial charge in [-0.2, -0.15) is 0 Å². The van der Waals surface area contributed by atoms with E-state index in [0.29, 0.717) is 0 Å². The van der Waals surface area contributed by atoms with Crippen LogP contribution in [0, 0.1) is 0 Å². The molecule has 5 aromatic rings. The van der Waals surface area contributed by atoms with Crippen LogP contribution in [0.25, 0.3) is 38.1 Å². The lowest BCUT2D eigenvalue weighted by Gasteiger charge is -2.19. The summed E-state index contributed by atoms with van der Waals surface area (Å²) >= 11 is 0. The van der Waals surface area contributed by atoms with Gasteiger partial charge in [-0.15, -0.1) is 0 Å². The normalized spacial score (nSPS) is 12.8. The number of rotatable bonds is 1. The van der Waals surface area contributed by atoms with Crippen LogP contribution in [0.1, 0.15) is 26.3 Å². The summed E-state index contributed by atoms with van der Waals surface area (Å²) in [5, 5.41) is 5.18. The first-order valence-corrected chi connectivity index (χ1v) is 8.76. The van der Waals surface area contributed by atoms with Crippen molar-refractivity contribution in [2.24, 2.45) is 0 Å². The molecule has 0 radical (unpaired) electrons.